The summed E-state index contributed by atoms with van der Waals surface area (Å²) in [7, 11) is 0. The van der Waals surface area contributed by atoms with E-state index in [2.05, 4.69) is 36.6 Å². The zero-order chi connectivity index (χ0) is 29.4. The Morgan fingerprint density at radius 2 is 1.46 bits per heavy atom. The molecular formula is C35H57NO4S. The van der Waals surface area contributed by atoms with Crippen molar-refractivity contribution in [2.45, 2.75) is 122 Å². The highest BCUT2D eigenvalue weighted by Crippen LogP contribution is 2.21. The molecule has 1 aliphatic rings. The van der Waals surface area contributed by atoms with Crippen LogP contribution in [0.25, 0.3) is 0 Å². The van der Waals surface area contributed by atoms with Gasteiger partial charge >= 0.3 is 11.9 Å². The van der Waals surface area contributed by atoms with Gasteiger partial charge in [0.05, 0.1) is 13.0 Å². The normalized spacial score (nSPS) is 14.5. The van der Waals surface area contributed by atoms with Crippen molar-refractivity contribution >= 4 is 24.6 Å². The Balaban J connectivity index is 1.44. The summed E-state index contributed by atoms with van der Waals surface area (Å²) in [5.41, 5.74) is 0.868. The van der Waals surface area contributed by atoms with Gasteiger partial charge in [0, 0.05) is 18.7 Å². The molecule has 1 aromatic carbocycles. The zero-order valence-corrected chi connectivity index (χ0v) is 26.7. The van der Waals surface area contributed by atoms with Crippen molar-refractivity contribution in [1.82, 2.24) is 4.90 Å². The topological polar surface area (TPSA) is 55.8 Å². The third-order valence-corrected chi connectivity index (χ3v) is 8.26. The van der Waals surface area contributed by atoms with Gasteiger partial charge < -0.3 is 14.4 Å². The van der Waals surface area contributed by atoms with E-state index < -0.39 is 0 Å². The lowest BCUT2D eigenvalue weighted by Crippen LogP contribution is -2.35. The molecule has 0 saturated carbocycles. The molecule has 41 heavy (non-hydrogen) atoms. The van der Waals surface area contributed by atoms with Gasteiger partial charge in [0.2, 0.25) is 0 Å². The van der Waals surface area contributed by atoms with Crippen LogP contribution in [-0.2, 0) is 20.7 Å². The molecule has 1 fully saturated rings. The van der Waals surface area contributed by atoms with E-state index in [9.17, 15) is 9.59 Å². The summed E-state index contributed by atoms with van der Waals surface area (Å²) in [4.78, 5) is 26.9. The van der Waals surface area contributed by atoms with Gasteiger partial charge in [0.15, 0.2) is 0 Å². The first-order chi connectivity index (χ1) is 20.1. The quantitative estimate of drug-likeness (QED) is 0.0456. The fourth-order valence-electron chi connectivity index (χ4n) is 5.40. The third kappa shape index (κ3) is 18.4. The zero-order valence-electron chi connectivity index (χ0n) is 25.8. The lowest BCUT2D eigenvalue weighted by atomic mass is 9.94. The summed E-state index contributed by atoms with van der Waals surface area (Å²) in [5, 5.41) is 0. The van der Waals surface area contributed by atoms with Crippen LogP contribution in [0.1, 0.15) is 122 Å². The summed E-state index contributed by atoms with van der Waals surface area (Å²) in [5.74, 6) is 1.69. The van der Waals surface area contributed by atoms with Crippen molar-refractivity contribution in [3.8, 4) is 5.75 Å². The molecule has 0 amide bonds. The van der Waals surface area contributed by atoms with Crippen LogP contribution in [0, 0.1) is 5.92 Å². The Hall–Kier alpha value is -1.79. The average Bonchev–Trinajstić information content (AvgIpc) is 2.97. The van der Waals surface area contributed by atoms with Crippen LogP contribution in [0.3, 0.4) is 0 Å². The highest BCUT2D eigenvalue weighted by atomic mass is 32.1. The van der Waals surface area contributed by atoms with Crippen LogP contribution in [0.4, 0.5) is 0 Å². The number of carbonyl (C=O) groups excluding carboxylic acids is 2. The number of hydrogen-bond acceptors (Lipinski definition) is 6. The van der Waals surface area contributed by atoms with E-state index in [1.165, 1.54) is 83.5 Å². The van der Waals surface area contributed by atoms with E-state index in [4.69, 9.17) is 9.47 Å². The van der Waals surface area contributed by atoms with Crippen LogP contribution >= 0.6 is 12.6 Å². The second-order valence-electron chi connectivity index (χ2n) is 11.6. The molecule has 0 spiro atoms. The molecule has 1 aromatic rings. The van der Waals surface area contributed by atoms with Crippen LogP contribution in [0.5, 0.6) is 5.75 Å². The van der Waals surface area contributed by atoms with Gasteiger partial charge in [-0.1, -0.05) is 82.6 Å². The van der Waals surface area contributed by atoms with Gasteiger partial charge in [-0.15, -0.1) is 0 Å². The number of nitrogens with zero attached hydrogens (tertiary/aromatic N) is 1. The number of thiol groups is 1. The minimum atomic E-state index is -0.202. The number of carbonyl (C=O) groups is 2. The Morgan fingerprint density at radius 3 is 2.10 bits per heavy atom. The first kappa shape index (κ1) is 35.4. The Bertz CT molecular complexity index is 833. The molecule has 0 bridgehead atoms. The van der Waals surface area contributed by atoms with Crippen molar-refractivity contribution < 1.29 is 19.1 Å². The molecule has 0 N–H and O–H groups in total. The van der Waals surface area contributed by atoms with E-state index in [0.717, 1.165) is 50.2 Å². The van der Waals surface area contributed by atoms with Gasteiger partial charge in [-0.2, -0.15) is 12.6 Å². The lowest BCUT2D eigenvalue weighted by molar-refractivity contribution is -0.143. The highest BCUT2D eigenvalue weighted by molar-refractivity contribution is 7.80. The number of likely N-dealkylation sites (tertiary alicyclic amines) is 1. The maximum absolute atomic E-state index is 12.2. The molecule has 0 aliphatic carbocycles. The highest BCUT2D eigenvalue weighted by Gasteiger charge is 2.19. The molecule has 0 aromatic heterocycles. The predicted octanol–water partition coefficient (Wildman–Crippen LogP) is 8.75. The van der Waals surface area contributed by atoms with Gasteiger partial charge in [-0.05, 0) is 88.1 Å². The van der Waals surface area contributed by atoms with Gasteiger partial charge in [0.25, 0.3) is 0 Å². The first-order valence-electron chi connectivity index (χ1n) is 16.5. The standard InChI is InChI=1S/C35H57NO4S/c1-2-3-4-5-6-7-8-9-10-11-12-13-14-15-16-17-34(37)40-33-20-18-32(19-21-33)30-35(38)39-28-24-31-22-25-36(26-23-31)27-29-41/h9-10,18-21,31,41H,2-8,11-17,22-30H2,1H3/b10-9-. The minimum Gasteiger partial charge on any atom is -0.465 e. The minimum absolute atomic E-state index is 0.189. The van der Waals surface area contributed by atoms with Crippen molar-refractivity contribution in [3.05, 3.63) is 42.0 Å². The molecule has 5 nitrogen and oxygen atoms in total. The van der Waals surface area contributed by atoms with E-state index >= 15 is 0 Å². The van der Waals surface area contributed by atoms with Crippen LogP contribution in [-0.4, -0.2) is 48.8 Å². The lowest BCUT2D eigenvalue weighted by Gasteiger charge is -2.31. The van der Waals surface area contributed by atoms with Gasteiger partial charge in [-0.3, -0.25) is 9.59 Å². The average molecular weight is 588 g/mol. The molecule has 0 radical (unpaired) electrons. The summed E-state index contributed by atoms with van der Waals surface area (Å²) >= 11 is 4.31. The van der Waals surface area contributed by atoms with E-state index in [1.807, 2.05) is 12.1 Å². The van der Waals surface area contributed by atoms with Crippen molar-refractivity contribution in [1.29, 1.82) is 0 Å². The second kappa shape index (κ2) is 23.7. The summed E-state index contributed by atoms with van der Waals surface area (Å²) in [6.07, 6.45) is 24.8. The van der Waals surface area contributed by atoms with Crippen molar-refractivity contribution in [3.63, 3.8) is 0 Å². The van der Waals surface area contributed by atoms with Gasteiger partial charge in [-0.25, -0.2) is 0 Å². The largest absolute Gasteiger partial charge is 0.465 e. The first-order valence-corrected chi connectivity index (χ1v) is 17.2. The monoisotopic (exact) mass is 587 g/mol. The summed E-state index contributed by atoms with van der Waals surface area (Å²) in [6, 6.07) is 7.20. The Labute approximate surface area is 256 Å². The Kier molecular flexibility index (Phi) is 20.5. The number of unbranched alkanes of at least 4 members (excludes halogenated alkanes) is 11. The molecule has 0 unspecified atom stereocenters. The van der Waals surface area contributed by atoms with Crippen LogP contribution in [0.15, 0.2) is 36.4 Å². The molecule has 2 rings (SSSR count). The SMILES string of the molecule is CCCCCCCC/C=C\CCCCCCCC(=O)Oc1ccc(CC(=O)OCCC2CCN(CCS)CC2)cc1. The molecule has 1 saturated heterocycles. The number of allylic oxidation sites excluding steroid dienone is 2. The molecule has 6 heteroatoms. The number of rotatable bonds is 23. The number of piperidine rings is 1. The van der Waals surface area contributed by atoms with E-state index in [0.29, 0.717) is 24.7 Å². The Morgan fingerprint density at radius 1 is 0.854 bits per heavy atom. The maximum atomic E-state index is 12.2. The predicted molar refractivity (Wildman–Crippen MR) is 174 cm³/mol. The second-order valence-corrected chi connectivity index (χ2v) is 12.1. The van der Waals surface area contributed by atoms with E-state index in [-0.39, 0.29) is 18.4 Å². The molecule has 0 atom stereocenters. The summed E-state index contributed by atoms with van der Waals surface area (Å²) in [6.45, 7) is 6.04. The molecule has 232 valence electrons. The fraction of sp³-hybridized carbons (Fsp3) is 0.714. The third-order valence-electron chi connectivity index (χ3n) is 8.06. The van der Waals surface area contributed by atoms with Crippen molar-refractivity contribution in [2.75, 3.05) is 32.0 Å². The van der Waals surface area contributed by atoms with Crippen LogP contribution in [0.2, 0.25) is 0 Å². The van der Waals surface area contributed by atoms with Crippen LogP contribution < -0.4 is 4.74 Å². The van der Waals surface area contributed by atoms with Crippen molar-refractivity contribution in [2.24, 2.45) is 5.92 Å². The molecular weight excluding hydrogens is 530 g/mol. The smallest absolute Gasteiger partial charge is 0.311 e. The number of benzene rings is 1. The molecule has 1 aliphatic heterocycles. The summed E-state index contributed by atoms with van der Waals surface area (Å²) < 4.78 is 11.0. The molecule has 1 heterocycles. The number of ether oxygens (including phenoxy) is 2. The fourth-order valence-corrected chi connectivity index (χ4v) is 5.68. The number of esters is 2. The van der Waals surface area contributed by atoms with Gasteiger partial charge in [0.1, 0.15) is 5.75 Å². The maximum Gasteiger partial charge on any atom is 0.311 e. The van der Waals surface area contributed by atoms with E-state index in [1.54, 1.807) is 12.1 Å². The number of hydrogen-bond donors (Lipinski definition) is 1.